The number of hydrogen-bond acceptors (Lipinski definition) is 5. The van der Waals surface area contributed by atoms with Gasteiger partial charge in [0, 0.05) is 17.2 Å². The van der Waals surface area contributed by atoms with Crippen LogP contribution in [0.3, 0.4) is 0 Å². The van der Waals surface area contributed by atoms with Gasteiger partial charge in [-0.15, -0.1) is 0 Å². The second-order valence-electron chi connectivity index (χ2n) is 5.81. The van der Waals surface area contributed by atoms with E-state index in [9.17, 15) is 5.11 Å². The van der Waals surface area contributed by atoms with Crippen molar-refractivity contribution in [2.75, 3.05) is 13.4 Å². The van der Waals surface area contributed by atoms with E-state index in [4.69, 9.17) is 25.8 Å². The Balaban J connectivity index is 1.42. The van der Waals surface area contributed by atoms with E-state index >= 15 is 0 Å². The first kappa shape index (κ1) is 15.3. The molecular weight excluding hydrogens is 330 g/mol. The van der Waals surface area contributed by atoms with Gasteiger partial charge in [-0.3, -0.25) is 4.99 Å². The summed E-state index contributed by atoms with van der Waals surface area (Å²) >= 11 is 5.92. The van der Waals surface area contributed by atoms with Crippen molar-refractivity contribution in [1.82, 2.24) is 0 Å². The lowest BCUT2D eigenvalue weighted by Gasteiger charge is -2.36. The Labute approximate surface area is 144 Å². The predicted molar refractivity (Wildman–Crippen MR) is 90.6 cm³/mol. The topological polar surface area (TPSA) is 60.3 Å². The van der Waals surface area contributed by atoms with Crippen LogP contribution in [0.5, 0.6) is 17.2 Å². The lowest BCUT2D eigenvalue weighted by Crippen LogP contribution is -2.32. The second-order valence-corrected chi connectivity index (χ2v) is 6.24. The minimum absolute atomic E-state index is 0.0268. The molecule has 0 aliphatic carbocycles. The zero-order valence-corrected chi connectivity index (χ0v) is 13.6. The molecular formula is C18H16ClNO4. The minimum atomic E-state index is 0.0268. The van der Waals surface area contributed by atoms with Gasteiger partial charge < -0.3 is 19.3 Å². The summed E-state index contributed by atoms with van der Waals surface area (Å²) in [6.07, 6.45) is 2.59. The normalized spacial score (nSPS) is 21.9. The Morgan fingerprint density at radius 3 is 2.88 bits per heavy atom. The molecule has 0 amide bonds. The monoisotopic (exact) mass is 345 g/mol. The first-order chi connectivity index (χ1) is 11.7. The summed E-state index contributed by atoms with van der Waals surface area (Å²) in [7, 11) is 0. The van der Waals surface area contributed by atoms with Gasteiger partial charge in [0.25, 0.3) is 0 Å². The van der Waals surface area contributed by atoms with Gasteiger partial charge in [-0.05, 0) is 42.3 Å². The highest BCUT2D eigenvalue weighted by molar-refractivity contribution is 6.30. The molecule has 2 aromatic carbocycles. The van der Waals surface area contributed by atoms with Gasteiger partial charge >= 0.3 is 0 Å². The lowest BCUT2D eigenvalue weighted by atomic mass is 9.89. The van der Waals surface area contributed by atoms with Crippen molar-refractivity contribution in [3.8, 4) is 17.2 Å². The quantitative estimate of drug-likeness (QED) is 0.841. The molecule has 2 aliphatic heterocycles. The predicted octanol–water partition coefficient (Wildman–Crippen LogP) is 4.25. The molecule has 2 atom stereocenters. The van der Waals surface area contributed by atoms with Crippen LogP contribution in [-0.4, -0.2) is 24.7 Å². The zero-order valence-electron chi connectivity index (χ0n) is 12.8. The molecule has 2 aliphatic rings. The maximum Gasteiger partial charge on any atom is 0.231 e. The van der Waals surface area contributed by atoms with Gasteiger partial charge in [0.1, 0.15) is 11.4 Å². The van der Waals surface area contributed by atoms with E-state index < -0.39 is 0 Å². The van der Waals surface area contributed by atoms with Crippen molar-refractivity contribution in [2.24, 2.45) is 10.9 Å². The number of nitrogens with zero attached hydrogens (tertiary/aromatic N) is 1. The first-order valence-corrected chi connectivity index (χ1v) is 8.11. The Hall–Kier alpha value is -2.24. The molecule has 124 valence electrons. The second kappa shape index (κ2) is 6.34. The zero-order chi connectivity index (χ0) is 16.5. The lowest BCUT2D eigenvalue weighted by molar-refractivity contribution is -0.114. The third kappa shape index (κ3) is 2.92. The summed E-state index contributed by atoms with van der Waals surface area (Å²) in [4.78, 5) is 4.31. The Bertz CT molecular complexity index is 793. The Morgan fingerprint density at radius 1 is 1.17 bits per heavy atom. The van der Waals surface area contributed by atoms with Crippen molar-refractivity contribution >= 4 is 23.5 Å². The third-order valence-corrected chi connectivity index (χ3v) is 4.45. The summed E-state index contributed by atoms with van der Waals surface area (Å²) in [5.74, 6) is 2.00. The van der Waals surface area contributed by atoms with Crippen LogP contribution in [0.15, 0.2) is 41.4 Å². The van der Waals surface area contributed by atoms with Gasteiger partial charge in [-0.25, -0.2) is 0 Å². The van der Waals surface area contributed by atoms with Gasteiger partial charge in [-0.1, -0.05) is 17.7 Å². The molecule has 0 aromatic heterocycles. The summed E-state index contributed by atoms with van der Waals surface area (Å²) in [6, 6.07) is 10.7. The molecule has 0 bridgehead atoms. The van der Waals surface area contributed by atoms with E-state index in [-0.39, 0.29) is 18.6 Å². The summed E-state index contributed by atoms with van der Waals surface area (Å²) in [5, 5.41) is 10.3. The number of rotatable bonds is 4. The Morgan fingerprint density at radius 2 is 2.04 bits per heavy atom. The van der Waals surface area contributed by atoms with Crippen molar-refractivity contribution in [3.05, 3.63) is 47.0 Å². The number of phenolic OH excluding ortho intramolecular Hbond substituents is 1. The van der Waals surface area contributed by atoms with Gasteiger partial charge in [0.05, 0.1) is 12.7 Å². The van der Waals surface area contributed by atoms with Crippen LogP contribution in [0.25, 0.3) is 0 Å². The molecule has 5 nitrogen and oxygen atoms in total. The average molecular weight is 346 g/mol. The molecule has 1 saturated heterocycles. The fourth-order valence-electron chi connectivity index (χ4n) is 2.87. The van der Waals surface area contributed by atoms with E-state index in [1.807, 2.05) is 18.2 Å². The van der Waals surface area contributed by atoms with E-state index in [1.54, 1.807) is 18.3 Å². The minimum Gasteiger partial charge on any atom is -0.506 e. The van der Waals surface area contributed by atoms with Crippen LogP contribution < -0.4 is 9.47 Å². The number of phenols is 1. The Kier molecular flexibility index (Phi) is 4.04. The standard InChI is InChI=1S/C18H16ClNO4/c19-13-2-3-15(21)14(8-13)20-6-5-12-9-22-18(12)11-1-4-16-17(7-11)24-10-23-16/h1-4,6-8,12,18,21H,5,9-10H2. The molecule has 0 radical (unpaired) electrons. The molecule has 6 heteroatoms. The van der Waals surface area contributed by atoms with Crippen molar-refractivity contribution < 1.29 is 19.3 Å². The number of aliphatic imine (C=N–C) groups is 1. The highest BCUT2D eigenvalue weighted by Gasteiger charge is 2.33. The maximum absolute atomic E-state index is 9.77. The van der Waals surface area contributed by atoms with Crippen LogP contribution in [0.1, 0.15) is 18.1 Å². The van der Waals surface area contributed by atoms with Crippen LogP contribution in [-0.2, 0) is 4.74 Å². The third-order valence-electron chi connectivity index (χ3n) is 4.22. The molecule has 2 aromatic rings. The van der Waals surface area contributed by atoms with Crippen molar-refractivity contribution in [3.63, 3.8) is 0 Å². The highest BCUT2D eigenvalue weighted by atomic mass is 35.5. The number of ether oxygens (including phenoxy) is 3. The largest absolute Gasteiger partial charge is 0.506 e. The summed E-state index contributed by atoms with van der Waals surface area (Å²) in [6.45, 7) is 0.955. The van der Waals surface area contributed by atoms with E-state index in [1.165, 1.54) is 6.07 Å². The van der Waals surface area contributed by atoms with E-state index in [0.717, 1.165) is 23.5 Å². The van der Waals surface area contributed by atoms with Crippen LogP contribution >= 0.6 is 11.6 Å². The van der Waals surface area contributed by atoms with Crippen LogP contribution in [0, 0.1) is 5.92 Å². The summed E-state index contributed by atoms with van der Waals surface area (Å²) in [5.41, 5.74) is 1.55. The number of halogens is 1. The van der Waals surface area contributed by atoms with Gasteiger partial charge in [0.2, 0.25) is 6.79 Å². The highest BCUT2D eigenvalue weighted by Crippen LogP contribution is 2.42. The molecule has 24 heavy (non-hydrogen) atoms. The van der Waals surface area contributed by atoms with Crippen LogP contribution in [0.2, 0.25) is 5.02 Å². The smallest absolute Gasteiger partial charge is 0.231 e. The molecule has 2 unspecified atom stereocenters. The van der Waals surface area contributed by atoms with Gasteiger partial charge in [-0.2, -0.15) is 0 Å². The first-order valence-electron chi connectivity index (χ1n) is 7.73. The average Bonchev–Trinajstić information content (AvgIpc) is 3.01. The number of fused-ring (bicyclic) bond motifs is 1. The summed E-state index contributed by atoms with van der Waals surface area (Å²) < 4.78 is 16.4. The molecule has 1 N–H and O–H groups in total. The van der Waals surface area contributed by atoms with Crippen molar-refractivity contribution in [1.29, 1.82) is 0 Å². The molecule has 4 rings (SSSR count). The molecule has 1 fully saturated rings. The number of benzene rings is 2. The SMILES string of the molecule is Oc1ccc(Cl)cc1N=CCC1COC1c1ccc2c(c1)OCO2. The molecule has 2 heterocycles. The van der Waals surface area contributed by atoms with Gasteiger partial charge in [0.15, 0.2) is 11.5 Å². The van der Waals surface area contributed by atoms with Crippen molar-refractivity contribution in [2.45, 2.75) is 12.5 Å². The van der Waals surface area contributed by atoms with E-state index in [2.05, 4.69) is 4.99 Å². The fraction of sp³-hybridized carbons (Fsp3) is 0.278. The number of aromatic hydroxyl groups is 1. The molecule has 0 saturated carbocycles. The number of hydrogen-bond donors (Lipinski definition) is 1. The van der Waals surface area contributed by atoms with Crippen LogP contribution in [0.4, 0.5) is 5.69 Å². The van der Waals surface area contributed by atoms with E-state index in [0.29, 0.717) is 23.2 Å². The molecule has 0 spiro atoms. The fourth-order valence-corrected chi connectivity index (χ4v) is 3.03. The maximum atomic E-state index is 9.77.